The van der Waals surface area contributed by atoms with Crippen molar-refractivity contribution < 1.29 is 13.2 Å². The second-order valence-corrected chi connectivity index (χ2v) is 7.04. The number of amides is 1. The fourth-order valence-corrected chi connectivity index (χ4v) is 2.62. The molecule has 0 aliphatic carbocycles. The van der Waals surface area contributed by atoms with E-state index in [1.165, 1.54) is 11.3 Å². The zero-order valence-corrected chi connectivity index (χ0v) is 12.8. The van der Waals surface area contributed by atoms with E-state index >= 15 is 0 Å². The second kappa shape index (κ2) is 5.43. The van der Waals surface area contributed by atoms with Gasteiger partial charge in [0.15, 0.2) is 10.8 Å². The van der Waals surface area contributed by atoms with E-state index in [0.717, 1.165) is 18.1 Å². The van der Waals surface area contributed by atoms with Crippen molar-refractivity contribution in [1.82, 2.24) is 15.0 Å². The van der Waals surface area contributed by atoms with Crippen LogP contribution in [0.5, 0.6) is 0 Å². The molecular weight excluding hydrogens is 324 g/mol. The predicted molar refractivity (Wildman–Crippen MR) is 75.0 cm³/mol. The van der Waals surface area contributed by atoms with Gasteiger partial charge in [-0.3, -0.25) is 10.1 Å². The number of rotatable bonds is 3. The van der Waals surface area contributed by atoms with Gasteiger partial charge in [-0.1, -0.05) is 11.6 Å². The Bertz CT molecular complexity index is 773. The van der Waals surface area contributed by atoms with Gasteiger partial charge < -0.3 is 0 Å². The number of nitrogens with zero attached hydrogens (tertiary/aromatic N) is 3. The van der Waals surface area contributed by atoms with Crippen LogP contribution in [0.4, 0.5) is 5.13 Å². The Hall–Kier alpha value is -1.58. The van der Waals surface area contributed by atoms with Crippen LogP contribution in [0.3, 0.4) is 0 Å². The largest absolute Gasteiger partial charge is 0.296 e. The lowest BCUT2D eigenvalue weighted by Gasteiger charge is -2.04. The maximum atomic E-state index is 12.0. The van der Waals surface area contributed by atoms with Crippen molar-refractivity contribution in [1.29, 1.82) is 0 Å². The highest BCUT2D eigenvalue weighted by atomic mass is 35.5. The quantitative estimate of drug-likeness (QED) is 0.855. The molecule has 0 saturated carbocycles. The standard InChI is InChI=1S/C10H9ClN4O3S2/c1-5-4-19-9(13-5)15-8(16)7-6(11)3-12-10(14-7)20(2,17)18/h3-4H,1-2H3,(H,13,15,16). The maximum absolute atomic E-state index is 12.0. The van der Waals surface area contributed by atoms with Crippen molar-refractivity contribution in [3.8, 4) is 0 Å². The zero-order chi connectivity index (χ0) is 14.9. The zero-order valence-electron chi connectivity index (χ0n) is 10.4. The summed E-state index contributed by atoms with van der Waals surface area (Å²) in [4.78, 5) is 23.3. The summed E-state index contributed by atoms with van der Waals surface area (Å²) >= 11 is 7.06. The molecular formula is C10H9ClN4O3S2. The fraction of sp³-hybridized carbons (Fsp3) is 0.200. The molecule has 1 amide bonds. The minimum absolute atomic E-state index is 0.0387. The number of carbonyl (C=O) groups excluding carboxylic acids is 1. The lowest BCUT2D eigenvalue weighted by atomic mass is 10.4. The number of hydrogen-bond acceptors (Lipinski definition) is 7. The number of aromatic nitrogens is 3. The van der Waals surface area contributed by atoms with Gasteiger partial charge in [0.05, 0.1) is 16.9 Å². The summed E-state index contributed by atoms with van der Waals surface area (Å²) in [6.07, 6.45) is 2.02. The van der Waals surface area contributed by atoms with Crippen LogP contribution in [0, 0.1) is 6.92 Å². The minimum Gasteiger partial charge on any atom is -0.296 e. The number of thiazole rings is 1. The van der Waals surface area contributed by atoms with Crippen molar-refractivity contribution in [2.75, 3.05) is 11.6 Å². The minimum atomic E-state index is -3.62. The summed E-state index contributed by atoms with van der Waals surface area (Å²) in [6, 6.07) is 0. The van der Waals surface area contributed by atoms with Crippen molar-refractivity contribution >= 4 is 43.8 Å². The smallest absolute Gasteiger partial charge is 0.277 e. The molecule has 0 bridgehead atoms. The molecule has 2 aromatic heterocycles. The Labute approximate surface area is 124 Å². The summed E-state index contributed by atoms with van der Waals surface area (Å²) in [6.45, 7) is 1.78. The van der Waals surface area contributed by atoms with Crippen LogP contribution in [0.15, 0.2) is 16.7 Å². The maximum Gasteiger partial charge on any atom is 0.277 e. The highest BCUT2D eigenvalue weighted by Crippen LogP contribution is 2.19. The molecule has 10 heteroatoms. The van der Waals surface area contributed by atoms with Gasteiger partial charge in [-0.05, 0) is 6.92 Å². The van der Waals surface area contributed by atoms with E-state index in [-0.39, 0.29) is 10.7 Å². The van der Waals surface area contributed by atoms with Gasteiger partial charge in [0.1, 0.15) is 0 Å². The summed E-state index contributed by atoms with van der Waals surface area (Å²) in [5, 5.41) is 4.14. The predicted octanol–water partition coefficient (Wildman–Crippen LogP) is 1.55. The first-order chi connectivity index (χ1) is 9.27. The molecule has 0 saturated heterocycles. The second-order valence-electron chi connectivity index (χ2n) is 3.87. The molecule has 7 nitrogen and oxygen atoms in total. The number of sulfone groups is 1. The number of aryl methyl sites for hydroxylation is 1. The summed E-state index contributed by atoms with van der Waals surface area (Å²) in [5.41, 5.74) is 0.547. The molecule has 0 spiro atoms. The number of nitrogens with one attached hydrogen (secondary N) is 1. The van der Waals surface area contributed by atoms with Crippen LogP contribution in [0.2, 0.25) is 5.02 Å². The Morgan fingerprint density at radius 2 is 2.10 bits per heavy atom. The average Bonchev–Trinajstić information content (AvgIpc) is 2.73. The van der Waals surface area contributed by atoms with Crippen LogP contribution in [-0.4, -0.2) is 35.5 Å². The number of carbonyl (C=O) groups is 1. The third-order valence-corrected chi connectivity index (χ3v) is 4.12. The number of halogens is 1. The summed E-state index contributed by atoms with van der Waals surface area (Å²) in [5.74, 6) is -0.642. The van der Waals surface area contributed by atoms with Gasteiger partial charge in [0.2, 0.25) is 15.0 Å². The number of anilines is 1. The monoisotopic (exact) mass is 332 g/mol. The molecule has 0 aromatic carbocycles. The van der Waals surface area contributed by atoms with E-state index in [9.17, 15) is 13.2 Å². The molecule has 2 heterocycles. The first-order valence-electron chi connectivity index (χ1n) is 5.23. The molecule has 20 heavy (non-hydrogen) atoms. The van der Waals surface area contributed by atoms with Crippen molar-refractivity contribution in [3.63, 3.8) is 0 Å². The van der Waals surface area contributed by atoms with Gasteiger partial charge in [0, 0.05) is 11.6 Å². The van der Waals surface area contributed by atoms with E-state index in [2.05, 4.69) is 20.3 Å². The SMILES string of the molecule is Cc1csc(NC(=O)c2nc(S(C)(=O)=O)ncc2Cl)n1. The normalized spacial score (nSPS) is 11.3. The topological polar surface area (TPSA) is 102 Å². The lowest BCUT2D eigenvalue weighted by molar-refractivity contribution is 0.102. The van der Waals surface area contributed by atoms with Crippen LogP contribution >= 0.6 is 22.9 Å². The average molecular weight is 333 g/mol. The van der Waals surface area contributed by atoms with Crippen molar-refractivity contribution in [2.45, 2.75) is 12.1 Å². The van der Waals surface area contributed by atoms with E-state index < -0.39 is 20.9 Å². The third kappa shape index (κ3) is 3.30. The molecule has 0 radical (unpaired) electrons. The molecule has 1 N–H and O–H groups in total. The molecule has 0 fully saturated rings. The van der Waals surface area contributed by atoms with E-state index in [0.29, 0.717) is 5.13 Å². The van der Waals surface area contributed by atoms with E-state index in [1.54, 1.807) is 12.3 Å². The van der Waals surface area contributed by atoms with Gasteiger partial charge >= 0.3 is 0 Å². The highest BCUT2D eigenvalue weighted by Gasteiger charge is 2.19. The van der Waals surface area contributed by atoms with E-state index in [4.69, 9.17) is 11.6 Å². The Kier molecular flexibility index (Phi) is 4.02. The first kappa shape index (κ1) is 14.8. The lowest BCUT2D eigenvalue weighted by Crippen LogP contribution is -2.17. The number of hydrogen-bond donors (Lipinski definition) is 1. The van der Waals surface area contributed by atoms with Crippen LogP contribution in [0.25, 0.3) is 0 Å². The first-order valence-corrected chi connectivity index (χ1v) is 8.38. The Morgan fingerprint density at radius 1 is 1.40 bits per heavy atom. The molecule has 2 aromatic rings. The van der Waals surface area contributed by atoms with Gasteiger partial charge in [0.25, 0.3) is 5.91 Å². The summed E-state index contributed by atoms with van der Waals surface area (Å²) < 4.78 is 22.7. The molecule has 0 atom stereocenters. The van der Waals surface area contributed by atoms with Gasteiger partial charge in [-0.2, -0.15) is 0 Å². The molecule has 0 unspecified atom stereocenters. The van der Waals surface area contributed by atoms with Crippen molar-refractivity contribution in [2.24, 2.45) is 0 Å². The molecule has 2 rings (SSSR count). The third-order valence-electron chi connectivity index (χ3n) is 2.11. The summed E-state index contributed by atoms with van der Waals surface area (Å²) in [7, 11) is -3.62. The molecule has 106 valence electrons. The van der Waals surface area contributed by atoms with Crippen molar-refractivity contribution in [3.05, 3.63) is 28.0 Å². The van der Waals surface area contributed by atoms with Gasteiger partial charge in [-0.25, -0.2) is 23.4 Å². The van der Waals surface area contributed by atoms with Crippen LogP contribution in [-0.2, 0) is 9.84 Å². The van der Waals surface area contributed by atoms with Crippen LogP contribution in [0.1, 0.15) is 16.2 Å². The Balaban J connectivity index is 2.34. The van der Waals surface area contributed by atoms with Gasteiger partial charge in [-0.15, -0.1) is 11.3 Å². The highest BCUT2D eigenvalue weighted by molar-refractivity contribution is 7.90. The fourth-order valence-electron chi connectivity index (χ4n) is 1.26. The molecule has 0 aliphatic rings. The Morgan fingerprint density at radius 3 is 2.65 bits per heavy atom. The van der Waals surface area contributed by atoms with Crippen LogP contribution < -0.4 is 5.32 Å². The molecule has 0 aliphatic heterocycles. The van der Waals surface area contributed by atoms with E-state index in [1.807, 2.05) is 0 Å².